The lowest BCUT2D eigenvalue weighted by Crippen LogP contribution is -2.52. The van der Waals surface area contributed by atoms with Gasteiger partial charge in [-0.25, -0.2) is 0 Å². The van der Waals surface area contributed by atoms with Crippen molar-refractivity contribution >= 4 is 50.7 Å². The summed E-state index contributed by atoms with van der Waals surface area (Å²) in [5.74, 6) is -1.10. The Kier molecular flexibility index (Phi) is 5.63. The van der Waals surface area contributed by atoms with Crippen molar-refractivity contribution in [3.8, 4) is 0 Å². The third-order valence-corrected chi connectivity index (χ3v) is 5.31. The van der Waals surface area contributed by atoms with E-state index in [-0.39, 0.29) is 18.2 Å². The highest BCUT2D eigenvalue weighted by Crippen LogP contribution is 2.34. The Morgan fingerprint density at radius 1 is 0.933 bits per heavy atom. The standard InChI is InChI=1S/C23H18BrN3O3/c24-16-12-10-15(11-13-16)23(30)27-19-9-5-4-8-18(19)26-22(29)20(27)14-21(28)25-17-6-2-1-3-7-17/h1-13,20H,14H2,(H,25,28)(H,26,29)/t20-/m1/s1. The maximum atomic E-state index is 13.4. The second-order valence-electron chi connectivity index (χ2n) is 6.82. The van der Waals surface area contributed by atoms with E-state index in [1.54, 1.807) is 60.7 Å². The summed E-state index contributed by atoms with van der Waals surface area (Å²) < 4.78 is 0.842. The molecule has 7 heteroatoms. The molecular formula is C23H18BrN3O3. The van der Waals surface area contributed by atoms with Gasteiger partial charge in [0.05, 0.1) is 17.8 Å². The molecule has 0 unspecified atom stereocenters. The molecule has 1 heterocycles. The number of fused-ring (bicyclic) bond motifs is 1. The molecule has 0 aliphatic carbocycles. The van der Waals surface area contributed by atoms with E-state index in [1.807, 2.05) is 18.2 Å². The molecule has 1 atom stereocenters. The number of rotatable bonds is 4. The van der Waals surface area contributed by atoms with Crippen molar-refractivity contribution in [3.63, 3.8) is 0 Å². The van der Waals surface area contributed by atoms with Gasteiger partial charge in [0, 0.05) is 15.7 Å². The molecule has 1 aliphatic rings. The number of benzene rings is 3. The van der Waals surface area contributed by atoms with Gasteiger partial charge in [0.25, 0.3) is 5.91 Å². The first-order valence-corrected chi connectivity index (χ1v) is 10.2. The zero-order chi connectivity index (χ0) is 21.1. The van der Waals surface area contributed by atoms with Crippen molar-refractivity contribution in [1.82, 2.24) is 0 Å². The number of nitrogens with zero attached hydrogens (tertiary/aromatic N) is 1. The van der Waals surface area contributed by atoms with Crippen molar-refractivity contribution < 1.29 is 14.4 Å². The first-order chi connectivity index (χ1) is 14.5. The van der Waals surface area contributed by atoms with Gasteiger partial charge in [-0.2, -0.15) is 0 Å². The van der Waals surface area contributed by atoms with Crippen LogP contribution in [0.2, 0.25) is 0 Å². The largest absolute Gasteiger partial charge is 0.326 e. The fourth-order valence-corrected chi connectivity index (χ4v) is 3.63. The van der Waals surface area contributed by atoms with E-state index in [0.717, 1.165) is 4.47 Å². The Morgan fingerprint density at radius 3 is 2.33 bits per heavy atom. The number of carbonyl (C=O) groups excluding carboxylic acids is 3. The van der Waals surface area contributed by atoms with Crippen LogP contribution in [0.3, 0.4) is 0 Å². The SMILES string of the molecule is O=C(C[C@@H]1C(=O)Nc2ccccc2N1C(=O)c1ccc(Br)cc1)Nc1ccccc1. The van der Waals surface area contributed by atoms with Gasteiger partial charge in [-0.1, -0.05) is 46.3 Å². The van der Waals surface area contributed by atoms with Crippen LogP contribution in [-0.2, 0) is 9.59 Å². The van der Waals surface area contributed by atoms with Gasteiger partial charge in [0.15, 0.2) is 0 Å². The third kappa shape index (κ3) is 4.11. The molecule has 1 aliphatic heterocycles. The number of amides is 3. The van der Waals surface area contributed by atoms with Gasteiger partial charge < -0.3 is 10.6 Å². The Hall–Kier alpha value is -3.45. The van der Waals surface area contributed by atoms with Gasteiger partial charge in [-0.05, 0) is 48.5 Å². The fraction of sp³-hybridized carbons (Fsp3) is 0.0870. The first-order valence-electron chi connectivity index (χ1n) is 9.37. The lowest BCUT2D eigenvalue weighted by Gasteiger charge is -2.36. The molecule has 0 spiro atoms. The fourth-order valence-electron chi connectivity index (χ4n) is 3.37. The second-order valence-corrected chi connectivity index (χ2v) is 7.74. The van der Waals surface area contributed by atoms with E-state index in [0.29, 0.717) is 22.6 Å². The Balaban J connectivity index is 1.66. The minimum absolute atomic E-state index is 0.169. The van der Waals surface area contributed by atoms with Gasteiger partial charge in [0.2, 0.25) is 11.8 Å². The van der Waals surface area contributed by atoms with E-state index in [1.165, 1.54) is 4.90 Å². The molecule has 6 nitrogen and oxygen atoms in total. The molecule has 0 fully saturated rings. The lowest BCUT2D eigenvalue weighted by atomic mass is 10.0. The van der Waals surface area contributed by atoms with Crippen molar-refractivity contribution in [2.75, 3.05) is 15.5 Å². The predicted octanol–water partition coefficient (Wildman–Crippen LogP) is 4.45. The van der Waals surface area contributed by atoms with Crippen LogP contribution in [0.25, 0.3) is 0 Å². The van der Waals surface area contributed by atoms with E-state index < -0.39 is 11.9 Å². The van der Waals surface area contributed by atoms with E-state index in [4.69, 9.17) is 0 Å². The quantitative estimate of drug-likeness (QED) is 0.599. The summed E-state index contributed by atoms with van der Waals surface area (Å²) in [5, 5.41) is 5.58. The summed E-state index contributed by atoms with van der Waals surface area (Å²) in [6.07, 6.45) is -0.169. The first kappa shape index (κ1) is 19.8. The van der Waals surface area contributed by atoms with E-state index >= 15 is 0 Å². The number of anilines is 3. The molecule has 0 bridgehead atoms. The highest BCUT2D eigenvalue weighted by atomic mass is 79.9. The van der Waals surface area contributed by atoms with Crippen LogP contribution in [0, 0.1) is 0 Å². The number of hydrogen-bond acceptors (Lipinski definition) is 3. The molecular weight excluding hydrogens is 446 g/mol. The number of carbonyl (C=O) groups is 3. The Bertz CT molecular complexity index is 1100. The number of halogens is 1. The lowest BCUT2D eigenvalue weighted by molar-refractivity contribution is -0.122. The summed E-state index contributed by atoms with van der Waals surface area (Å²) in [7, 11) is 0. The van der Waals surface area contributed by atoms with Gasteiger partial charge in [-0.15, -0.1) is 0 Å². The third-order valence-electron chi connectivity index (χ3n) is 4.78. The number of nitrogens with one attached hydrogen (secondary N) is 2. The molecule has 0 saturated heterocycles. The van der Waals surface area contributed by atoms with Crippen LogP contribution >= 0.6 is 15.9 Å². The maximum Gasteiger partial charge on any atom is 0.259 e. The van der Waals surface area contributed by atoms with Gasteiger partial charge in [0.1, 0.15) is 6.04 Å². The zero-order valence-corrected chi connectivity index (χ0v) is 17.4. The second kappa shape index (κ2) is 8.51. The van der Waals surface area contributed by atoms with Crippen LogP contribution in [-0.4, -0.2) is 23.8 Å². The molecule has 2 N–H and O–H groups in total. The highest BCUT2D eigenvalue weighted by molar-refractivity contribution is 9.10. The summed E-state index contributed by atoms with van der Waals surface area (Å²) in [6, 6.07) is 22.0. The molecule has 0 saturated carbocycles. The molecule has 3 aromatic carbocycles. The van der Waals surface area contributed by atoms with Gasteiger partial charge in [-0.3, -0.25) is 19.3 Å². The molecule has 150 valence electrons. The van der Waals surface area contributed by atoms with E-state index in [2.05, 4.69) is 26.6 Å². The monoisotopic (exact) mass is 463 g/mol. The molecule has 0 aromatic heterocycles. The van der Waals surface area contributed by atoms with Crippen molar-refractivity contribution in [2.45, 2.75) is 12.5 Å². The molecule has 4 rings (SSSR count). The zero-order valence-electron chi connectivity index (χ0n) is 15.8. The van der Waals surface area contributed by atoms with Crippen molar-refractivity contribution in [1.29, 1.82) is 0 Å². The average Bonchev–Trinajstić information content (AvgIpc) is 2.75. The van der Waals surface area contributed by atoms with E-state index in [9.17, 15) is 14.4 Å². The minimum atomic E-state index is -0.972. The van der Waals surface area contributed by atoms with Crippen LogP contribution < -0.4 is 15.5 Å². The van der Waals surface area contributed by atoms with Gasteiger partial charge >= 0.3 is 0 Å². The smallest absolute Gasteiger partial charge is 0.259 e. The van der Waals surface area contributed by atoms with Crippen molar-refractivity contribution in [3.05, 3.63) is 88.9 Å². The Labute approximate surface area is 182 Å². The summed E-state index contributed by atoms with van der Waals surface area (Å²) in [5.41, 5.74) is 2.15. The predicted molar refractivity (Wildman–Crippen MR) is 119 cm³/mol. The van der Waals surface area contributed by atoms with Crippen molar-refractivity contribution in [2.24, 2.45) is 0 Å². The highest BCUT2D eigenvalue weighted by Gasteiger charge is 2.38. The summed E-state index contributed by atoms with van der Waals surface area (Å²) >= 11 is 3.36. The average molecular weight is 464 g/mol. The maximum absolute atomic E-state index is 13.4. The number of hydrogen-bond donors (Lipinski definition) is 2. The number of para-hydroxylation sites is 3. The molecule has 0 radical (unpaired) electrons. The molecule has 3 amide bonds. The van der Waals surface area contributed by atoms with Crippen LogP contribution in [0.15, 0.2) is 83.3 Å². The summed E-state index contributed by atoms with van der Waals surface area (Å²) in [4.78, 5) is 40.3. The van der Waals surface area contributed by atoms with Crippen LogP contribution in [0.1, 0.15) is 16.8 Å². The Morgan fingerprint density at radius 2 is 1.60 bits per heavy atom. The molecule has 3 aromatic rings. The molecule has 30 heavy (non-hydrogen) atoms. The normalized spacial score (nSPS) is 15.2. The summed E-state index contributed by atoms with van der Waals surface area (Å²) in [6.45, 7) is 0. The topological polar surface area (TPSA) is 78.5 Å². The van der Waals surface area contributed by atoms with Crippen LogP contribution in [0.5, 0.6) is 0 Å². The van der Waals surface area contributed by atoms with Crippen LogP contribution in [0.4, 0.5) is 17.1 Å². The minimum Gasteiger partial charge on any atom is -0.326 e.